The quantitative estimate of drug-likeness (QED) is 0.531. The summed E-state index contributed by atoms with van der Waals surface area (Å²) in [5.41, 5.74) is 2.88. The number of aromatic carboxylic acids is 1. The van der Waals surface area contributed by atoms with E-state index in [2.05, 4.69) is 20.4 Å². The predicted molar refractivity (Wildman–Crippen MR) is 108 cm³/mol. The number of hydrogen-bond donors (Lipinski definition) is 1. The minimum absolute atomic E-state index is 0.222. The van der Waals surface area contributed by atoms with Gasteiger partial charge in [0.1, 0.15) is 21.4 Å². The van der Waals surface area contributed by atoms with Crippen LogP contribution in [0, 0.1) is 13.8 Å². The first-order chi connectivity index (χ1) is 13.9. The highest BCUT2D eigenvalue weighted by atomic mass is 32.1. The van der Waals surface area contributed by atoms with E-state index in [1.807, 2.05) is 49.4 Å². The summed E-state index contributed by atoms with van der Waals surface area (Å²) in [6.07, 6.45) is 0. The normalized spacial score (nSPS) is 10.9. The molecule has 4 aromatic rings. The van der Waals surface area contributed by atoms with E-state index in [-0.39, 0.29) is 4.88 Å². The van der Waals surface area contributed by atoms with E-state index in [4.69, 9.17) is 4.74 Å². The van der Waals surface area contributed by atoms with E-state index in [9.17, 15) is 9.90 Å². The molecule has 0 spiro atoms. The van der Waals surface area contributed by atoms with Gasteiger partial charge >= 0.3 is 5.97 Å². The maximum atomic E-state index is 11.4. The van der Waals surface area contributed by atoms with Crippen LogP contribution in [0.5, 0.6) is 11.5 Å². The molecule has 0 fully saturated rings. The Balaban J connectivity index is 1.81. The highest BCUT2D eigenvalue weighted by Gasteiger charge is 2.19. The van der Waals surface area contributed by atoms with Crippen LogP contribution in [0.2, 0.25) is 0 Å². The van der Waals surface area contributed by atoms with Crippen molar-refractivity contribution in [2.24, 2.45) is 7.05 Å². The van der Waals surface area contributed by atoms with E-state index < -0.39 is 5.97 Å². The van der Waals surface area contributed by atoms with Crippen LogP contribution < -0.4 is 4.74 Å². The average Bonchev–Trinajstić information content (AvgIpc) is 3.30. The second-order valence-corrected chi connectivity index (χ2v) is 7.42. The Morgan fingerprint density at radius 3 is 2.59 bits per heavy atom. The maximum Gasteiger partial charge on any atom is 0.347 e. The second kappa shape index (κ2) is 7.44. The standard InChI is InChI=1S/C20H17N5O3S/c1-11-6-4-5-7-15(11)28-16-9-8-13(10-14(16)18-22-24-25(3)23-18)19-21-12(2)17(29-19)20(26)27/h4-10H,1-3H3,(H,26,27). The molecule has 0 aliphatic heterocycles. The largest absolute Gasteiger partial charge is 0.477 e. The van der Waals surface area contributed by atoms with Gasteiger partial charge in [0, 0.05) is 5.56 Å². The van der Waals surface area contributed by atoms with E-state index in [0.717, 1.165) is 28.2 Å². The third-order valence-corrected chi connectivity index (χ3v) is 5.47. The average molecular weight is 407 g/mol. The molecule has 0 saturated heterocycles. The number of thiazole rings is 1. The van der Waals surface area contributed by atoms with Crippen molar-refractivity contribution in [3.8, 4) is 33.5 Å². The van der Waals surface area contributed by atoms with Crippen LogP contribution in [0.3, 0.4) is 0 Å². The molecule has 2 aromatic heterocycles. The van der Waals surface area contributed by atoms with Crippen LogP contribution in [0.1, 0.15) is 20.9 Å². The Labute approximate surface area is 170 Å². The van der Waals surface area contributed by atoms with Gasteiger partial charge in [-0.2, -0.15) is 4.80 Å². The molecule has 0 amide bonds. The lowest BCUT2D eigenvalue weighted by Crippen LogP contribution is -1.94. The predicted octanol–water partition coefficient (Wildman–Crippen LogP) is 4.11. The van der Waals surface area contributed by atoms with Crippen LogP contribution in [-0.2, 0) is 7.05 Å². The van der Waals surface area contributed by atoms with E-state index in [0.29, 0.717) is 27.8 Å². The van der Waals surface area contributed by atoms with Crippen LogP contribution in [0.4, 0.5) is 0 Å². The van der Waals surface area contributed by atoms with Gasteiger partial charge in [-0.15, -0.1) is 21.5 Å². The molecule has 0 unspecified atom stereocenters. The molecular formula is C20H17N5O3S. The number of benzene rings is 2. The summed E-state index contributed by atoms with van der Waals surface area (Å²) in [5.74, 6) is 0.720. The first-order valence-electron chi connectivity index (χ1n) is 8.75. The molecule has 146 valence electrons. The van der Waals surface area contributed by atoms with Crippen molar-refractivity contribution in [3.63, 3.8) is 0 Å². The van der Waals surface area contributed by atoms with Gasteiger partial charge in [-0.05, 0) is 48.9 Å². The Morgan fingerprint density at radius 2 is 1.93 bits per heavy atom. The van der Waals surface area contributed by atoms with Gasteiger partial charge in [0.2, 0.25) is 5.82 Å². The van der Waals surface area contributed by atoms with Crippen molar-refractivity contribution in [1.29, 1.82) is 0 Å². The number of aromatic nitrogens is 5. The molecule has 0 bridgehead atoms. The molecule has 29 heavy (non-hydrogen) atoms. The van der Waals surface area contributed by atoms with E-state index in [1.54, 1.807) is 14.0 Å². The summed E-state index contributed by atoms with van der Waals surface area (Å²) in [4.78, 5) is 17.4. The highest BCUT2D eigenvalue weighted by molar-refractivity contribution is 7.17. The number of para-hydroxylation sites is 1. The van der Waals surface area contributed by atoms with Gasteiger partial charge in [-0.1, -0.05) is 18.2 Å². The summed E-state index contributed by atoms with van der Waals surface area (Å²) in [6, 6.07) is 13.2. The molecule has 2 heterocycles. The van der Waals surface area contributed by atoms with Crippen molar-refractivity contribution in [1.82, 2.24) is 25.2 Å². The van der Waals surface area contributed by atoms with Crippen molar-refractivity contribution in [3.05, 3.63) is 58.6 Å². The lowest BCUT2D eigenvalue weighted by Gasteiger charge is -2.12. The lowest BCUT2D eigenvalue weighted by molar-refractivity contribution is 0.0701. The van der Waals surface area contributed by atoms with Crippen molar-refractivity contribution >= 4 is 17.3 Å². The number of hydrogen-bond acceptors (Lipinski definition) is 7. The minimum atomic E-state index is -0.985. The third kappa shape index (κ3) is 3.72. The monoisotopic (exact) mass is 407 g/mol. The molecule has 4 rings (SSSR count). The zero-order valence-corrected chi connectivity index (χ0v) is 16.8. The van der Waals surface area contributed by atoms with Crippen molar-refractivity contribution in [2.75, 3.05) is 0 Å². The molecule has 0 radical (unpaired) electrons. The Hall–Kier alpha value is -3.59. The number of carboxylic acid groups (broad SMARTS) is 1. The SMILES string of the molecule is Cc1ccccc1Oc1ccc(-c2nc(C)c(C(=O)O)s2)cc1-c1nnn(C)n1. The highest BCUT2D eigenvalue weighted by Crippen LogP contribution is 2.37. The number of carboxylic acids is 1. The molecule has 2 aromatic carbocycles. The van der Waals surface area contributed by atoms with Crippen molar-refractivity contribution in [2.45, 2.75) is 13.8 Å². The zero-order valence-electron chi connectivity index (χ0n) is 15.9. The Bertz CT molecular complexity index is 1210. The number of nitrogens with zero attached hydrogens (tertiary/aromatic N) is 5. The van der Waals surface area contributed by atoms with Gasteiger partial charge in [0.05, 0.1) is 18.3 Å². The van der Waals surface area contributed by atoms with Crippen LogP contribution in [-0.4, -0.2) is 36.3 Å². The molecule has 8 nitrogen and oxygen atoms in total. The van der Waals surface area contributed by atoms with Gasteiger partial charge in [-0.25, -0.2) is 9.78 Å². The summed E-state index contributed by atoms with van der Waals surface area (Å²) >= 11 is 1.13. The zero-order chi connectivity index (χ0) is 20.5. The maximum absolute atomic E-state index is 11.4. The Morgan fingerprint density at radius 1 is 1.14 bits per heavy atom. The minimum Gasteiger partial charge on any atom is -0.477 e. The number of aryl methyl sites for hydroxylation is 3. The van der Waals surface area contributed by atoms with Crippen molar-refractivity contribution < 1.29 is 14.6 Å². The van der Waals surface area contributed by atoms with Gasteiger partial charge in [0.25, 0.3) is 0 Å². The summed E-state index contributed by atoms with van der Waals surface area (Å²) in [7, 11) is 1.69. The van der Waals surface area contributed by atoms with Crippen LogP contribution in [0.15, 0.2) is 42.5 Å². The number of carbonyl (C=O) groups is 1. The second-order valence-electron chi connectivity index (χ2n) is 6.42. The van der Waals surface area contributed by atoms with Crippen LogP contribution in [0.25, 0.3) is 22.0 Å². The summed E-state index contributed by atoms with van der Waals surface area (Å²) in [6.45, 7) is 3.65. The third-order valence-electron chi connectivity index (χ3n) is 4.28. The first-order valence-corrected chi connectivity index (χ1v) is 9.57. The molecule has 0 aliphatic carbocycles. The summed E-state index contributed by atoms with van der Waals surface area (Å²) in [5, 5.41) is 22.2. The molecule has 9 heteroatoms. The number of ether oxygens (including phenoxy) is 1. The molecule has 1 N–H and O–H groups in total. The summed E-state index contributed by atoms with van der Waals surface area (Å²) < 4.78 is 6.13. The number of rotatable bonds is 5. The Kier molecular flexibility index (Phi) is 4.81. The topological polar surface area (TPSA) is 103 Å². The fraction of sp³-hybridized carbons (Fsp3) is 0.150. The van der Waals surface area contributed by atoms with Gasteiger partial charge < -0.3 is 9.84 Å². The molecular weight excluding hydrogens is 390 g/mol. The number of tetrazole rings is 1. The molecule has 0 saturated carbocycles. The fourth-order valence-corrected chi connectivity index (χ4v) is 3.73. The first kappa shape index (κ1) is 18.8. The molecule has 0 aliphatic rings. The fourth-order valence-electron chi connectivity index (χ4n) is 2.83. The van der Waals surface area contributed by atoms with E-state index in [1.165, 1.54) is 4.80 Å². The van der Waals surface area contributed by atoms with Gasteiger partial charge in [-0.3, -0.25) is 0 Å². The van der Waals surface area contributed by atoms with Crippen LogP contribution >= 0.6 is 11.3 Å². The van der Waals surface area contributed by atoms with Gasteiger partial charge in [0.15, 0.2) is 0 Å². The molecule has 0 atom stereocenters. The van der Waals surface area contributed by atoms with E-state index >= 15 is 0 Å². The smallest absolute Gasteiger partial charge is 0.347 e. The lowest BCUT2D eigenvalue weighted by atomic mass is 10.1.